The van der Waals surface area contributed by atoms with Crippen LogP contribution in [0.4, 0.5) is 19.3 Å². The maximum Gasteiger partial charge on any atom is 0.414 e. The van der Waals surface area contributed by atoms with E-state index in [1.165, 1.54) is 6.08 Å². The smallest absolute Gasteiger partial charge is 0.414 e. The van der Waals surface area contributed by atoms with Gasteiger partial charge in [0, 0.05) is 24.7 Å². The van der Waals surface area contributed by atoms with E-state index in [1.807, 2.05) is 0 Å². The average Bonchev–Trinajstić information content (AvgIpc) is 3.45. The van der Waals surface area contributed by atoms with Crippen molar-refractivity contribution in [2.75, 3.05) is 37.7 Å². The zero-order valence-electron chi connectivity index (χ0n) is 26.8. The number of anilines is 1. The molecule has 2 amide bonds. The molecule has 2 aromatic carbocycles. The summed E-state index contributed by atoms with van der Waals surface area (Å²) >= 11 is 0. The standard InChI is InChI=1S/C30H35F2N3O15P2/c31-22-11-20(35-14-21(50-29(35)40)15-48-25(33)7-10-36)12-23(32)26(22)18-5-8-34(9-6-18)27(38)24(37)16-49-28(39)19-3-1-17(2-4-19)13-30(41,51(42,43)44)52(45,46)47/h1-5,7,10-12,21,24,33,36-37,41-44,51H,6,8-9,13-16H2,(H2,45,46,47)/b10-7-,33-25?/t21-,24+,30?/m1/s1. The molecule has 2 aliphatic heterocycles. The minimum Gasteiger partial charge on any atom is -0.440 e. The fourth-order valence-corrected chi connectivity index (χ4v) is 7.61. The molecule has 0 aliphatic carbocycles. The first-order valence-corrected chi connectivity index (χ1v) is 18.6. The molecule has 2 aliphatic rings. The quantitative estimate of drug-likeness (QED) is 0.0451. The van der Waals surface area contributed by atoms with Crippen LogP contribution in [-0.2, 0) is 30.0 Å². The number of rotatable bonds is 13. The molecular formula is C30H35F2N3O15P2. The van der Waals surface area contributed by atoms with E-state index in [4.69, 9.17) is 24.7 Å². The molecule has 3 atom stereocenters. The first kappa shape index (κ1) is 40.4. The minimum absolute atomic E-state index is 0.0270. The monoisotopic (exact) mass is 777 g/mol. The van der Waals surface area contributed by atoms with Crippen molar-refractivity contribution in [2.45, 2.75) is 30.1 Å². The average molecular weight is 778 g/mol. The van der Waals surface area contributed by atoms with E-state index in [0.29, 0.717) is 6.26 Å². The molecule has 284 valence electrons. The van der Waals surface area contributed by atoms with Crippen molar-refractivity contribution >= 4 is 50.7 Å². The van der Waals surface area contributed by atoms with Crippen LogP contribution < -0.4 is 4.90 Å². The van der Waals surface area contributed by atoms with Crippen LogP contribution in [-0.4, -0.2) is 119 Å². The molecule has 18 nitrogen and oxygen atoms in total. The molecule has 22 heteroatoms. The Morgan fingerprint density at radius 3 is 2.31 bits per heavy atom. The summed E-state index contributed by atoms with van der Waals surface area (Å²) in [6, 6.07) is 6.21. The molecule has 52 heavy (non-hydrogen) atoms. The minimum atomic E-state index is -5.79. The summed E-state index contributed by atoms with van der Waals surface area (Å²) in [4.78, 5) is 86.7. The van der Waals surface area contributed by atoms with Gasteiger partial charge in [0.25, 0.3) is 0 Å². The second-order valence-corrected chi connectivity index (χ2v) is 16.0. The first-order chi connectivity index (χ1) is 24.3. The van der Waals surface area contributed by atoms with E-state index in [-0.39, 0.29) is 60.6 Å². The van der Waals surface area contributed by atoms with E-state index < -0.39 is 81.4 Å². The number of esters is 1. The number of hydrogen-bond donors (Lipinski definition) is 9. The first-order valence-electron chi connectivity index (χ1n) is 15.1. The van der Waals surface area contributed by atoms with Crippen LogP contribution in [0.25, 0.3) is 5.57 Å². The Labute approximate surface area is 293 Å². The topological polar surface area (TPSA) is 288 Å². The van der Waals surface area contributed by atoms with Crippen molar-refractivity contribution in [3.8, 4) is 0 Å². The van der Waals surface area contributed by atoms with Crippen LogP contribution in [0, 0.1) is 17.0 Å². The van der Waals surface area contributed by atoms with Gasteiger partial charge in [0.1, 0.15) is 18.2 Å². The molecule has 0 aromatic heterocycles. The van der Waals surface area contributed by atoms with Crippen LogP contribution in [0.1, 0.15) is 27.9 Å². The number of benzene rings is 2. The summed E-state index contributed by atoms with van der Waals surface area (Å²) in [5.41, 5.74) is -0.570. The van der Waals surface area contributed by atoms with Crippen LogP contribution in [0.3, 0.4) is 0 Å². The zero-order valence-corrected chi connectivity index (χ0v) is 28.7. The fourth-order valence-electron chi connectivity index (χ4n) is 5.22. The molecule has 1 unspecified atom stereocenters. The van der Waals surface area contributed by atoms with Crippen molar-refractivity contribution in [1.29, 1.82) is 5.41 Å². The molecule has 0 bridgehead atoms. The molecule has 0 spiro atoms. The van der Waals surface area contributed by atoms with E-state index in [9.17, 15) is 53.6 Å². The number of aliphatic hydroxyl groups excluding tert-OH is 2. The van der Waals surface area contributed by atoms with Gasteiger partial charge in [0.2, 0.25) is 5.90 Å². The molecule has 0 saturated carbocycles. The summed E-state index contributed by atoms with van der Waals surface area (Å²) in [6.07, 6.45) is -1.77. The molecular weight excluding hydrogens is 742 g/mol. The number of carbonyl (C=O) groups is 3. The third kappa shape index (κ3) is 9.16. The molecule has 9 N–H and O–H groups in total. The van der Waals surface area contributed by atoms with Gasteiger partial charge in [0.05, 0.1) is 18.5 Å². The normalized spacial score (nSPS) is 18.8. The van der Waals surface area contributed by atoms with Crippen LogP contribution >= 0.6 is 15.5 Å². The summed E-state index contributed by atoms with van der Waals surface area (Å²) in [5.74, 6) is -4.27. The van der Waals surface area contributed by atoms with Gasteiger partial charge in [-0.05, 0) is 24.1 Å². The summed E-state index contributed by atoms with van der Waals surface area (Å²) in [7, 11) is -11.4. The zero-order chi connectivity index (χ0) is 38.6. The number of nitrogens with zero attached hydrogens (tertiary/aromatic N) is 2. The van der Waals surface area contributed by atoms with Crippen LogP contribution in [0.2, 0.25) is 0 Å². The Kier molecular flexibility index (Phi) is 12.5. The van der Waals surface area contributed by atoms with Gasteiger partial charge < -0.3 is 14.6 Å². The molecule has 0 radical (unpaired) electrons. The number of nitrogens with one attached hydrogen (secondary N) is 1. The Morgan fingerprint density at radius 1 is 1.13 bits per heavy atom. The second-order valence-electron chi connectivity index (χ2n) is 11.6. The van der Waals surface area contributed by atoms with Crippen molar-refractivity contribution in [3.63, 3.8) is 0 Å². The van der Waals surface area contributed by atoms with E-state index >= 15 is 8.78 Å². The molecule has 2 aromatic rings. The maximum absolute atomic E-state index is 15.2. The van der Waals surface area contributed by atoms with Crippen LogP contribution in [0.15, 0.2) is 54.8 Å². The Balaban J connectivity index is 1.31. The third-order valence-corrected chi connectivity index (χ3v) is 12.2. The van der Waals surface area contributed by atoms with Gasteiger partial charge in [-0.25, -0.2) is 13.6 Å². The number of hydrogen-bond acceptors (Lipinski definition) is 14. The number of amides is 2. The number of aliphatic hydroxyl groups is 3. The van der Waals surface area contributed by atoms with Gasteiger partial charge in [-0.3, -0.25) is 10.3 Å². The van der Waals surface area contributed by atoms with Crippen molar-refractivity contribution < 1.29 is 81.7 Å². The largest absolute Gasteiger partial charge is 0.440 e. The Hall–Kier alpha value is -4.36. The summed E-state index contributed by atoms with van der Waals surface area (Å²) in [6.45, 7) is -1.40. The van der Waals surface area contributed by atoms with Crippen LogP contribution in [0.5, 0.6) is 0 Å². The predicted molar refractivity (Wildman–Crippen MR) is 177 cm³/mol. The van der Waals surface area contributed by atoms with E-state index in [1.54, 1.807) is 0 Å². The van der Waals surface area contributed by atoms with Gasteiger partial charge in [0.15, 0.2) is 6.10 Å². The number of halogens is 2. The number of ether oxygens (including phenoxy) is 3. The SMILES string of the molecule is N=C(/C=C\O)OC[C@H]1CN(c2cc(F)c(C3=CCN(C(=O)[C@@H](O)COC(=O)c4ccc(CC(O)(P(=O)(O)O)[PH](O)(O)O)cc4)CC3)c(F)c2)C(=O)O1. The fraction of sp³-hybridized carbons (Fsp3) is 0.333. The van der Waals surface area contributed by atoms with Crippen molar-refractivity contribution in [3.05, 3.63) is 83.1 Å². The molecule has 4 rings (SSSR count). The predicted octanol–water partition coefficient (Wildman–Crippen LogP) is 1.03. The maximum atomic E-state index is 15.2. The Bertz CT molecular complexity index is 1790. The number of cyclic esters (lactones) is 1. The van der Waals surface area contributed by atoms with E-state index in [0.717, 1.165) is 52.3 Å². The second kappa shape index (κ2) is 16.1. The van der Waals surface area contributed by atoms with Gasteiger partial charge in [-0.2, -0.15) is 0 Å². The summed E-state index contributed by atoms with van der Waals surface area (Å²) < 4.78 is 57.2. The van der Waals surface area contributed by atoms with Crippen molar-refractivity contribution in [1.82, 2.24) is 4.90 Å². The summed E-state index contributed by atoms with van der Waals surface area (Å²) in [5, 5.41) is 33.1. The third-order valence-electron chi connectivity index (χ3n) is 8.02. The molecule has 2 heterocycles. The number of carbonyl (C=O) groups excluding carboxylic acids is 3. The van der Waals surface area contributed by atoms with Gasteiger partial charge >= 0.3 is 152 Å². The molecule has 1 saturated heterocycles. The Morgan fingerprint density at radius 2 is 1.77 bits per heavy atom. The van der Waals surface area contributed by atoms with Gasteiger partial charge in [-0.15, -0.1) is 0 Å². The molecule has 1 fully saturated rings. The van der Waals surface area contributed by atoms with Crippen molar-refractivity contribution in [2.24, 2.45) is 0 Å². The van der Waals surface area contributed by atoms with Gasteiger partial charge in [-0.1, -0.05) is 6.08 Å². The van der Waals surface area contributed by atoms with E-state index in [2.05, 4.69) is 0 Å².